The molecule has 1 aromatic carbocycles. The summed E-state index contributed by atoms with van der Waals surface area (Å²) >= 11 is 5.71. The molecule has 0 aliphatic rings. The minimum atomic E-state index is -0.861. The zero-order valence-corrected chi connectivity index (χ0v) is 11.6. The summed E-state index contributed by atoms with van der Waals surface area (Å²) in [5, 5.41) is 13.1. The van der Waals surface area contributed by atoms with Gasteiger partial charge in [0.25, 0.3) is 11.6 Å². The van der Waals surface area contributed by atoms with Gasteiger partial charge in [-0.2, -0.15) is 0 Å². The first-order valence-corrected chi connectivity index (χ1v) is 6.15. The lowest BCUT2D eigenvalue weighted by Gasteiger charge is -2.12. The average Bonchev–Trinajstić information content (AvgIpc) is 2.37. The Morgan fingerprint density at radius 1 is 1.45 bits per heavy atom. The van der Waals surface area contributed by atoms with Gasteiger partial charge in [0.15, 0.2) is 0 Å². The highest BCUT2D eigenvalue weighted by Crippen LogP contribution is 2.20. The van der Waals surface area contributed by atoms with Crippen molar-refractivity contribution in [3.05, 3.63) is 38.9 Å². The number of rotatable bonds is 5. The van der Waals surface area contributed by atoms with E-state index in [4.69, 9.17) is 16.3 Å². The zero-order valence-electron chi connectivity index (χ0n) is 10.9. The van der Waals surface area contributed by atoms with Crippen LogP contribution in [0.2, 0.25) is 5.02 Å². The van der Waals surface area contributed by atoms with E-state index in [9.17, 15) is 19.7 Å². The number of hydrogen-bond donors (Lipinski definition) is 1. The van der Waals surface area contributed by atoms with E-state index in [1.165, 1.54) is 13.0 Å². The van der Waals surface area contributed by atoms with Gasteiger partial charge >= 0.3 is 5.97 Å². The van der Waals surface area contributed by atoms with Crippen molar-refractivity contribution >= 4 is 29.2 Å². The minimum Gasteiger partial charge on any atom is -0.464 e. The molecule has 20 heavy (non-hydrogen) atoms. The van der Waals surface area contributed by atoms with Gasteiger partial charge in [-0.05, 0) is 19.9 Å². The molecule has 0 fully saturated rings. The lowest BCUT2D eigenvalue weighted by atomic mass is 10.1. The molecule has 0 aliphatic heterocycles. The molecular weight excluding hydrogens is 288 g/mol. The summed E-state index contributed by atoms with van der Waals surface area (Å²) < 4.78 is 4.74. The maximum absolute atomic E-state index is 11.9. The van der Waals surface area contributed by atoms with Gasteiger partial charge < -0.3 is 10.1 Å². The molecule has 1 aromatic rings. The predicted octanol–water partition coefficient (Wildman–Crippen LogP) is 1.93. The first-order chi connectivity index (χ1) is 9.35. The lowest BCUT2D eigenvalue weighted by molar-refractivity contribution is -0.384. The fourth-order valence-electron chi connectivity index (χ4n) is 1.42. The Morgan fingerprint density at radius 2 is 2.10 bits per heavy atom. The zero-order chi connectivity index (χ0) is 15.3. The van der Waals surface area contributed by atoms with E-state index >= 15 is 0 Å². The molecule has 1 unspecified atom stereocenters. The van der Waals surface area contributed by atoms with Crippen LogP contribution in [0, 0.1) is 10.1 Å². The number of non-ortho nitro benzene ring substituents is 1. The SMILES string of the molecule is CCOC(=O)C(C)NC(=O)c1cc(Cl)cc([N+](=O)[O-])c1. The molecule has 1 atom stereocenters. The third kappa shape index (κ3) is 4.20. The number of esters is 1. The summed E-state index contributed by atoms with van der Waals surface area (Å²) in [6.45, 7) is 3.29. The van der Waals surface area contributed by atoms with Crippen LogP contribution >= 0.6 is 11.6 Å². The molecule has 1 N–H and O–H groups in total. The monoisotopic (exact) mass is 300 g/mol. The predicted molar refractivity (Wildman–Crippen MR) is 71.7 cm³/mol. The van der Waals surface area contributed by atoms with Gasteiger partial charge in [0.05, 0.1) is 11.5 Å². The molecule has 0 heterocycles. The highest BCUT2D eigenvalue weighted by Gasteiger charge is 2.19. The van der Waals surface area contributed by atoms with Gasteiger partial charge in [-0.15, -0.1) is 0 Å². The number of nitrogens with one attached hydrogen (secondary N) is 1. The normalized spacial score (nSPS) is 11.6. The van der Waals surface area contributed by atoms with Crippen molar-refractivity contribution in [1.82, 2.24) is 5.32 Å². The summed E-state index contributed by atoms with van der Waals surface area (Å²) in [6.07, 6.45) is 0. The first kappa shape index (κ1) is 15.9. The van der Waals surface area contributed by atoms with E-state index < -0.39 is 22.8 Å². The Bertz CT molecular complexity index is 547. The number of nitrogens with zero attached hydrogens (tertiary/aromatic N) is 1. The Kier molecular flexibility index (Phi) is 5.45. The summed E-state index contributed by atoms with van der Waals surface area (Å²) in [4.78, 5) is 33.3. The number of carbonyl (C=O) groups is 2. The largest absolute Gasteiger partial charge is 0.464 e. The first-order valence-electron chi connectivity index (χ1n) is 5.77. The van der Waals surface area contributed by atoms with Gasteiger partial charge in [0.2, 0.25) is 0 Å². The smallest absolute Gasteiger partial charge is 0.328 e. The Balaban J connectivity index is 2.87. The summed E-state index contributed by atoms with van der Waals surface area (Å²) in [5.41, 5.74) is -0.299. The topological polar surface area (TPSA) is 98.5 Å². The van der Waals surface area contributed by atoms with Crippen molar-refractivity contribution in [2.75, 3.05) is 6.61 Å². The fourth-order valence-corrected chi connectivity index (χ4v) is 1.65. The number of ether oxygens (including phenoxy) is 1. The standard InChI is InChI=1S/C12H13ClN2O5/c1-3-20-12(17)7(2)14-11(16)8-4-9(13)6-10(5-8)15(18)19/h4-7H,3H2,1-2H3,(H,14,16). The lowest BCUT2D eigenvalue weighted by Crippen LogP contribution is -2.39. The Hall–Kier alpha value is -2.15. The van der Waals surface area contributed by atoms with Crippen molar-refractivity contribution in [3.63, 3.8) is 0 Å². The van der Waals surface area contributed by atoms with Crippen molar-refractivity contribution in [2.24, 2.45) is 0 Å². The molecule has 0 saturated heterocycles. The van der Waals surface area contributed by atoms with E-state index in [1.54, 1.807) is 6.92 Å². The summed E-state index contributed by atoms with van der Waals surface area (Å²) in [6, 6.07) is 2.63. The number of nitro groups is 1. The molecule has 8 heteroatoms. The number of nitro benzene ring substituents is 1. The molecule has 1 amide bonds. The highest BCUT2D eigenvalue weighted by molar-refractivity contribution is 6.31. The molecule has 108 valence electrons. The second-order valence-corrected chi connectivity index (χ2v) is 4.34. The molecule has 1 rings (SSSR count). The van der Waals surface area contributed by atoms with Gasteiger partial charge in [-0.3, -0.25) is 14.9 Å². The molecule has 0 spiro atoms. The van der Waals surface area contributed by atoms with Crippen LogP contribution in [-0.2, 0) is 9.53 Å². The molecule has 0 aliphatic carbocycles. The van der Waals surface area contributed by atoms with Gasteiger partial charge in [0.1, 0.15) is 6.04 Å². The van der Waals surface area contributed by atoms with E-state index in [1.807, 2.05) is 0 Å². The summed E-state index contributed by atoms with van der Waals surface area (Å²) in [5.74, 6) is -1.23. The van der Waals surface area contributed by atoms with Crippen LogP contribution in [0.15, 0.2) is 18.2 Å². The Morgan fingerprint density at radius 3 is 2.65 bits per heavy atom. The quantitative estimate of drug-likeness (QED) is 0.509. The molecular formula is C12H13ClN2O5. The molecule has 0 aromatic heterocycles. The Labute approximate surface area is 120 Å². The molecule has 0 saturated carbocycles. The second kappa shape index (κ2) is 6.85. The van der Waals surface area contributed by atoms with Crippen molar-refractivity contribution in [3.8, 4) is 0 Å². The van der Waals surface area contributed by atoms with Crippen molar-refractivity contribution < 1.29 is 19.2 Å². The van der Waals surface area contributed by atoms with Crippen LogP contribution in [-0.4, -0.2) is 29.4 Å². The van der Waals surface area contributed by atoms with Crippen LogP contribution < -0.4 is 5.32 Å². The van der Waals surface area contributed by atoms with Gasteiger partial charge in [-0.25, -0.2) is 4.79 Å². The summed E-state index contributed by atoms with van der Waals surface area (Å²) in [7, 11) is 0. The van der Waals surface area contributed by atoms with Crippen LogP contribution in [0.4, 0.5) is 5.69 Å². The van der Waals surface area contributed by atoms with Crippen LogP contribution in [0.5, 0.6) is 0 Å². The minimum absolute atomic E-state index is 0.000323. The van der Waals surface area contributed by atoms with E-state index in [-0.39, 0.29) is 22.9 Å². The maximum Gasteiger partial charge on any atom is 0.328 e. The van der Waals surface area contributed by atoms with E-state index in [0.29, 0.717) is 0 Å². The molecule has 0 bridgehead atoms. The maximum atomic E-state index is 11.9. The number of halogens is 1. The van der Waals surface area contributed by atoms with Crippen molar-refractivity contribution in [2.45, 2.75) is 19.9 Å². The number of hydrogen-bond acceptors (Lipinski definition) is 5. The number of amides is 1. The third-order valence-electron chi connectivity index (χ3n) is 2.34. The fraction of sp³-hybridized carbons (Fsp3) is 0.333. The van der Waals surface area contributed by atoms with Crippen LogP contribution in [0.3, 0.4) is 0 Å². The van der Waals surface area contributed by atoms with Crippen molar-refractivity contribution in [1.29, 1.82) is 0 Å². The number of benzene rings is 1. The molecule has 0 radical (unpaired) electrons. The second-order valence-electron chi connectivity index (χ2n) is 3.90. The van der Waals surface area contributed by atoms with E-state index in [2.05, 4.69) is 5.32 Å². The molecule has 7 nitrogen and oxygen atoms in total. The highest BCUT2D eigenvalue weighted by atomic mass is 35.5. The van der Waals surface area contributed by atoms with Crippen LogP contribution in [0.25, 0.3) is 0 Å². The van der Waals surface area contributed by atoms with Crippen LogP contribution in [0.1, 0.15) is 24.2 Å². The third-order valence-corrected chi connectivity index (χ3v) is 2.56. The van der Waals surface area contributed by atoms with Gasteiger partial charge in [-0.1, -0.05) is 11.6 Å². The number of carbonyl (C=O) groups excluding carboxylic acids is 2. The van der Waals surface area contributed by atoms with Gasteiger partial charge in [0, 0.05) is 22.7 Å². The van der Waals surface area contributed by atoms with E-state index in [0.717, 1.165) is 12.1 Å². The average molecular weight is 301 g/mol.